The summed E-state index contributed by atoms with van der Waals surface area (Å²) in [5.41, 5.74) is 3.57. The van der Waals surface area contributed by atoms with E-state index in [1.165, 1.54) is 27.4 Å². The molecule has 0 saturated carbocycles. The van der Waals surface area contributed by atoms with Crippen LogP contribution in [0.15, 0.2) is 18.2 Å². The first-order chi connectivity index (χ1) is 11.0. The molecule has 3 rings (SSSR count). The normalized spacial score (nSPS) is 21.3. The van der Waals surface area contributed by atoms with Gasteiger partial charge in [-0.3, -0.25) is 0 Å². The first-order valence-corrected chi connectivity index (χ1v) is 9.17. The van der Waals surface area contributed by atoms with E-state index in [2.05, 4.69) is 42.5 Å². The van der Waals surface area contributed by atoms with Crippen LogP contribution in [0.25, 0.3) is 0 Å². The predicted octanol–water partition coefficient (Wildman–Crippen LogP) is 2.03. The third-order valence-corrected chi connectivity index (χ3v) is 5.55. The van der Waals surface area contributed by atoms with Gasteiger partial charge in [0.1, 0.15) is 12.6 Å². The van der Waals surface area contributed by atoms with Crippen molar-refractivity contribution in [3.05, 3.63) is 33.3 Å². The predicted molar refractivity (Wildman–Crippen MR) is 96.1 cm³/mol. The van der Waals surface area contributed by atoms with Crippen molar-refractivity contribution >= 4 is 34.4 Å². The van der Waals surface area contributed by atoms with Gasteiger partial charge in [-0.1, -0.05) is 17.4 Å². The maximum absolute atomic E-state index is 9.79. The summed E-state index contributed by atoms with van der Waals surface area (Å²) in [6.45, 7) is 6.77. The third kappa shape index (κ3) is 4.17. The number of nitrogens with one attached hydrogen (secondary N) is 2. The van der Waals surface area contributed by atoms with Gasteiger partial charge in [0, 0.05) is 5.69 Å². The molecule has 2 atom stereocenters. The molecule has 3 N–H and O–H groups in total. The number of aliphatic hydroxyl groups is 1. The molecule has 124 valence electrons. The number of likely N-dealkylation sites (tertiary alicyclic amines) is 1. The monoisotopic (exact) mass is 351 g/mol. The lowest BCUT2D eigenvalue weighted by Gasteiger charge is -2.26. The number of hydrogen-bond acceptors (Lipinski definition) is 5. The van der Waals surface area contributed by atoms with Gasteiger partial charge in [0.15, 0.2) is 10.6 Å². The number of aromatic nitrogens is 2. The minimum Gasteiger partial charge on any atom is -0.387 e. The first-order valence-electron chi connectivity index (χ1n) is 7.95. The number of hydrogen-bond donors (Lipinski definition) is 3. The molecule has 1 aromatic carbocycles. The van der Waals surface area contributed by atoms with Crippen LogP contribution in [0, 0.1) is 17.8 Å². The number of benzene rings is 1. The molecule has 23 heavy (non-hydrogen) atoms. The molecule has 1 aromatic heterocycles. The minimum absolute atomic E-state index is 0.195. The summed E-state index contributed by atoms with van der Waals surface area (Å²) in [4.78, 5) is 1.34. The van der Waals surface area contributed by atoms with Crippen molar-refractivity contribution in [1.29, 1.82) is 0 Å². The van der Waals surface area contributed by atoms with Gasteiger partial charge in [-0.2, -0.15) is 4.68 Å². The second-order valence-corrected chi connectivity index (χ2v) is 7.88. The number of nitrogens with zero attached hydrogens (tertiary/aromatic N) is 2. The molecule has 1 unspecified atom stereocenters. The Morgan fingerprint density at radius 1 is 1.43 bits per heavy atom. The molecule has 0 bridgehead atoms. The first kappa shape index (κ1) is 16.6. The smallest absolute Gasteiger partial charge is 0.209 e. The number of aliphatic hydroxyl groups excluding tert-OH is 1. The number of aryl methyl sites for hydroxylation is 2. The molecule has 2 aromatic rings. The molecule has 1 fully saturated rings. The Hall–Kier alpha value is -1.28. The molecule has 0 aliphatic carbocycles. The van der Waals surface area contributed by atoms with E-state index in [-0.39, 0.29) is 6.10 Å². The Kier molecular flexibility index (Phi) is 5.11. The highest BCUT2D eigenvalue weighted by Crippen LogP contribution is 2.22. The average Bonchev–Trinajstić information content (AvgIpc) is 2.83. The maximum atomic E-state index is 9.79. The highest BCUT2D eigenvalue weighted by molar-refractivity contribution is 7.73. The van der Waals surface area contributed by atoms with Crippen LogP contribution in [0.4, 0.5) is 10.8 Å². The largest absolute Gasteiger partial charge is 0.387 e. The Morgan fingerprint density at radius 3 is 3.00 bits per heavy atom. The van der Waals surface area contributed by atoms with Crippen LogP contribution >= 0.6 is 23.6 Å². The van der Waals surface area contributed by atoms with Crippen molar-refractivity contribution in [2.24, 2.45) is 0 Å². The van der Waals surface area contributed by atoms with E-state index < -0.39 is 0 Å². The molecule has 0 spiro atoms. The van der Waals surface area contributed by atoms with Gasteiger partial charge in [-0.15, -0.1) is 5.10 Å². The van der Waals surface area contributed by atoms with Crippen molar-refractivity contribution in [3.63, 3.8) is 0 Å². The van der Waals surface area contributed by atoms with E-state index in [0.29, 0.717) is 0 Å². The summed E-state index contributed by atoms with van der Waals surface area (Å²) in [7, 11) is 0. The van der Waals surface area contributed by atoms with Crippen molar-refractivity contribution in [3.8, 4) is 0 Å². The summed E-state index contributed by atoms with van der Waals surface area (Å²) >= 11 is 6.93. The Bertz CT molecular complexity index is 740. The van der Waals surface area contributed by atoms with Gasteiger partial charge >= 0.3 is 0 Å². The topological polar surface area (TPSA) is 54.5 Å². The Labute approximate surface area is 145 Å². The van der Waals surface area contributed by atoms with Crippen LogP contribution in [-0.2, 0) is 6.67 Å². The van der Waals surface area contributed by atoms with Gasteiger partial charge in [0.05, 0.1) is 6.54 Å². The molecule has 0 amide bonds. The molecule has 2 heterocycles. The van der Waals surface area contributed by atoms with Crippen LogP contribution in [0.2, 0.25) is 0 Å². The summed E-state index contributed by atoms with van der Waals surface area (Å²) in [5, 5.41) is 18.5. The van der Waals surface area contributed by atoms with Crippen LogP contribution in [-0.4, -0.2) is 34.1 Å². The standard InChI is InChI=1S/C16H22N4OS2/c1-11-5-6-13(8-12(11)2)17-15-18-20(16(22)23-15)10-19-7-3-4-14(21)9-19/h5-6,8,14,21H,3-4,7,9-10H2,1-2H3,(H,17,18)/p+1/t14-/m0/s1. The van der Waals surface area contributed by atoms with Crippen LogP contribution in [0.5, 0.6) is 0 Å². The zero-order valence-electron chi connectivity index (χ0n) is 13.5. The molecule has 1 aliphatic heterocycles. The quantitative estimate of drug-likeness (QED) is 0.738. The van der Waals surface area contributed by atoms with Gasteiger partial charge in [-0.25, -0.2) is 0 Å². The van der Waals surface area contributed by atoms with Gasteiger partial charge < -0.3 is 15.3 Å². The Morgan fingerprint density at radius 2 is 2.26 bits per heavy atom. The van der Waals surface area contributed by atoms with E-state index in [1.54, 1.807) is 0 Å². The van der Waals surface area contributed by atoms with Crippen LogP contribution in [0.1, 0.15) is 24.0 Å². The van der Waals surface area contributed by atoms with Gasteiger partial charge in [0.2, 0.25) is 5.13 Å². The average molecular weight is 352 g/mol. The number of piperidine rings is 1. The molecular formula is C16H23N4OS2+. The molecule has 7 heteroatoms. The van der Waals surface area contributed by atoms with Crippen LogP contribution in [0.3, 0.4) is 0 Å². The number of rotatable bonds is 4. The van der Waals surface area contributed by atoms with E-state index in [1.807, 2.05) is 4.68 Å². The summed E-state index contributed by atoms with van der Waals surface area (Å²) in [6.07, 6.45) is 1.77. The summed E-state index contributed by atoms with van der Waals surface area (Å²) in [5.74, 6) is 0. The van der Waals surface area contributed by atoms with E-state index in [4.69, 9.17) is 12.2 Å². The number of anilines is 2. The molecular weight excluding hydrogens is 328 g/mol. The van der Waals surface area contributed by atoms with Crippen molar-refractivity contribution in [1.82, 2.24) is 9.78 Å². The highest BCUT2D eigenvalue weighted by Gasteiger charge is 2.22. The van der Waals surface area contributed by atoms with Crippen molar-refractivity contribution in [2.75, 3.05) is 18.4 Å². The fraction of sp³-hybridized carbons (Fsp3) is 0.500. The van der Waals surface area contributed by atoms with E-state index in [9.17, 15) is 5.11 Å². The Balaban J connectivity index is 1.70. The lowest BCUT2D eigenvalue weighted by Crippen LogP contribution is -3.13. The third-order valence-electron chi connectivity index (χ3n) is 4.33. The van der Waals surface area contributed by atoms with Gasteiger partial charge in [-0.05, 0) is 62.2 Å². The lowest BCUT2D eigenvalue weighted by atomic mass is 10.1. The highest BCUT2D eigenvalue weighted by atomic mass is 32.1. The molecule has 0 radical (unpaired) electrons. The van der Waals surface area contributed by atoms with E-state index >= 15 is 0 Å². The second kappa shape index (κ2) is 7.09. The van der Waals surface area contributed by atoms with Crippen LogP contribution < -0.4 is 10.2 Å². The zero-order valence-corrected chi connectivity index (χ0v) is 15.1. The lowest BCUT2D eigenvalue weighted by molar-refractivity contribution is -0.931. The molecule has 5 nitrogen and oxygen atoms in total. The molecule has 1 aliphatic rings. The second-order valence-electron chi connectivity index (χ2n) is 6.25. The number of quaternary nitrogens is 1. The maximum Gasteiger partial charge on any atom is 0.209 e. The van der Waals surface area contributed by atoms with Gasteiger partial charge in [0.25, 0.3) is 0 Å². The zero-order chi connectivity index (χ0) is 16.4. The SMILES string of the molecule is Cc1ccc(Nc2nn(C[NH+]3CCC[C@H](O)C3)c(=S)s2)cc1C. The minimum atomic E-state index is -0.195. The summed E-state index contributed by atoms with van der Waals surface area (Å²) in [6, 6.07) is 6.28. The molecule has 1 saturated heterocycles. The summed E-state index contributed by atoms with van der Waals surface area (Å²) < 4.78 is 2.64. The van der Waals surface area contributed by atoms with E-state index in [0.717, 1.165) is 47.4 Å². The fourth-order valence-electron chi connectivity index (χ4n) is 2.88. The van der Waals surface area contributed by atoms with Crippen molar-refractivity contribution < 1.29 is 10.0 Å². The fourth-order valence-corrected chi connectivity index (χ4v) is 3.91. The van der Waals surface area contributed by atoms with Crippen molar-refractivity contribution in [2.45, 2.75) is 39.5 Å².